The topological polar surface area (TPSA) is 37.4 Å². The Bertz CT molecular complexity index is 642. The van der Waals surface area contributed by atoms with Gasteiger partial charge in [0.15, 0.2) is 0 Å². The summed E-state index contributed by atoms with van der Waals surface area (Å²) in [6.07, 6.45) is 5.98. The van der Waals surface area contributed by atoms with Crippen molar-refractivity contribution in [1.29, 1.82) is 0 Å². The first kappa shape index (κ1) is 17.2. The Hall–Kier alpha value is -1.62. The molecular formula is C19H24ClN3O. The number of benzene rings is 1. The highest BCUT2D eigenvalue weighted by molar-refractivity contribution is 6.31. The fourth-order valence-corrected chi connectivity index (χ4v) is 3.42. The van der Waals surface area contributed by atoms with E-state index in [2.05, 4.69) is 33.4 Å². The number of nitrogens with one attached hydrogen (secondary N) is 1. The maximum atomic E-state index is 6.31. The zero-order chi connectivity index (χ0) is 16.8. The van der Waals surface area contributed by atoms with Crippen LogP contribution in [0, 0.1) is 0 Å². The summed E-state index contributed by atoms with van der Waals surface area (Å²) in [5, 5.41) is 4.42. The number of hydrogen-bond donors (Lipinski definition) is 1. The second-order valence-corrected chi connectivity index (χ2v) is 6.66. The second kappa shape index (κ2) is 8.47. The average molecular weight is 346 g/mol. The van der Waals surface area contributed by atoms with E-state index in [1.165, 1.54) is 5.56 Å². The van der Waals surface area contributed by atoms with Gasteiger partial charge in [-0.3, -0.25) is 9.88 Å². The van der Waals surface area contributed by atoms with Gasteiger partial charge in [0, 0.05) is 61.5 Å². The third-order valence-electron chi connectivity index (χ3n) is 4.51. The number of aromatic nitrogens is 1. The minimum absolute atomic E-state index is 0.479. The van der Waals surface area contributed by atoms with Crippen LogP contribution in [-0.4, -0.2) is 36.1 Å². The standard InChI is InChI=1S/C19H24ClN3O/c1-24-14-17-18(20)3-2-4-19(17)22-16-7-11-23(12-8-16)13-15-5-9-21-10-6-15/h2-6,9-10,16,22H,7-8,11-14H2,1H3. The molecule has 1 N–H and O–H groups in total. The van der Waals surface area contributed by atoms with Gasteiger partial charge >= 0.3 is 0 Å². The van der Waals surface area contributed by atoms with Crippen molar-refractivity contribution in [2.75, 3.05) is 25.5 Å². The Balaban J connectivity index is 1.55. The van der Waals surface area contributed by atoms with Crippen LogP contribution in [0.4, 0.5) is 5.69 Å². The third-order valence-corrected chi connectivity index (χ3v) is 4.86. The van der Waals surface area contributed by atoms with Crippen molar-refractivity contribution in [2.45, 2.75) is 32.0 Å². The summed E-state index contributed by atoms with van der Waals surface area (Å²) < 4.78 is 5.28. The molecule has 3 rings (SSSR count). The minimum atomic E-state index is 0.479. The first-order valence-corrected chi connectivity index (χ1v) is 8.78. The molecule has 0 radical (unpaired) electrons. The Kier molecular flexibility index (Phi) is 6.07. The SMILES string of the molecule is COCc1c(Cl)cccc1NC1CCN(Cc2ccncc2)CC1. The highest BCUT2D eigenvalue weighted by Crippen LogP contribution is 2.27. The zero-order valence-corrected chi connectivity index (χ0v) is 14.8. The molecule has 0 saturated carbocycles. The zero-order valence-electron chi connectivity index (χ0n) is 14.0. The molecule has 1 aromatic heterocycles. The van der Waals surface area contributed by atoms with Gasteiger partial charge in [-0.25, -0.2) is 0 Å². The highest BCUT2D eigenvalue weighted by atomic mass is 35.5. The van der Waals surface area contributed by atoms with E-state index < -0.39 is 0 Å². The lowest BCUT2D eigenvalue weighted by Gasteiger charge is -2.33. The van der Waals surface area contributed by atoms with Gasteiger partial charge in [0.2, 0.25) is 0 Å². The Morgan fingerprint density at radius 3 is 2.67 bits per heavy atom. The molecule has 24 heavy (non-hydrogen) atoms. The molecule has 128 valence electrons. The summed E-state index contributed by atoms with van der Waals surface area (Å²) in [5.74, 6) is 0. The molecule has 1 fully saturated rings. The van der Waals surface area contributed by atoms with E-state index in [4.69, 9.17) is 16.3 Å². The van der Waals surface area contributed by atoms with Crippen molar-refractivity contribution in [3.05, 3.63) is 58.9 Å². The predicted molar refractivity (Wildman–Crippen MR) is 98.3 cm³/mol. The Morgan fingerprint density at radius 2 is 1.96 bits per heavy atom. The first-order valence-electron chi connectivity index (χ1n) is 8.40. The predicted octanol–water partition coefficient (Wildman–Crippen LogP) is 3.96. The van der Waals surface area contributed by atoms with Crippen LogP contribution in [0.1, 0.15) is 24.0 Å². The molecule has 0 atom stereocenters. The van der Waals surface area contributed by atoms with Gasteiger partial charge in [-0.15, -0.1) is 0 Å². The number of rotatable bonds is 6. The summed E-state index contributed by atoms with van der Waals surface area (Å²) in [5.41, 5.74) is 3.46. The molecule has 0 unspecified atom stereocenters. The first-order chi connectivity index (χ1) is 11.8. The van der Waals surface area contributed by atoms with Crippen LogP contribution in [0.15, 0.2) is 42.7 Å². The van der Waals surface area contributed by atoms with E-state index in [1.807, 2.05) is 24.5 Å². The summed E-state index contributed by atoms with van der Waals surface area (Å²) in [6.45, 7) is 3.73. The molecule has 2 heterocycles. The second-order valence-electron chi connectivity index (χ2n) is 6.25. The number of likely N-dealkylation sites (tertiary alicyclic amines) is 1. The van der Waals surface area contributed by atoms with Crippen molar-refractivity contribution >= 4 is 17.3 Å². The van der Waals surface area contributed by atoms with Gasteiger partial charge < -0.3 is 10.1 Å². The van der Waals surface area contributed by atoms with Crippen LogP contribution >= 0.6 is 11.6 Å². The molecule has 0 amide bonds. The fourth-order valence-electron chi connectivity index (χ4n) is 3.19. The van der Waals surface area contributed by atoms with Gasteiger partial charge in [-0.1, -0.05) is 17.7 Å². The Morgan fingerprint density at radius 1 is 1.21 bits per heavy atom. The van der Waals surface area contributed by atoms with Gasteiger partial charge in [0.05, 0.1) is 6.61 Å². The molecule has 5 heteroatoms. The van der Waals surface area contributed by atoms with E-state index in [0.29, 0.717) is 12.6 Å². The number of pyridine rings is 1. The molecular weight excluding hydrogens is 322 g/mol. The van der Waals surface area contributed by atoms with Crippen molar-refractivity contribution in [2.24, 2.45) is 0 Å². The molecule has 0 spiro atoms. The van der Waals surface area contributed by atoms with Crippen LogP contribution < -0.4 is 5.32 Å². The largest absolute Gasteiger partial charge is 0.382 e. The van der Waals surface area contributed by atoms with Gasteiger partial charge in [-0.2, -0.15) is 0 Å². The molecule has 1 aliphatic rings. The van der Waals surface area contributed by atoms with Crippen LogP contribution in [0.25, 0.3) is 0 Å². The lowest BCUT2D eigenvalue weighted by molar-refractivity contribution is 0.185. The van der Waals surface area contributed by atoms with E-state index in [9.17, 15) is 0 Å². The fraction of sp³-hybridized carbons (Fsp3) is 0.421. The molecule has 4 nitrogen and oxygen atoms in total. The van der Waals surface area contributed by atoms with Crippen molar-refractivity contribution < 1.29 is 4.74 Å². The van der Waals surface area contributed by atoms with Gasteiger partial charge in [-0.05, 0) is 42.7 Å². The molecule has 1 saturated heterocycles. The Labute approximate surface area is 148 Å². The quantitative estimate of drug-likeness (QED) is 0.860. The number of piperidine rings is 1. The molecule has 1 aliphatic heterocycles. The number of anilines is 1. The monoisotopic (exact) mass is 345 g/mol. The number of nitrogens with zero attached hydrogens (tertiary/aromatic N) is 2. The summed E-state index contributed by atoms with van der Waals surface area (Å²) >= 11 is 6.31. The highest BCUT2D eigenvalue weighted by Gasteiger charge is 2.20. The molecule has 0 bridgehead atoms. The normalized spacial score (nSPS) is 16.2. The van der Waals surface area contributed by atoms with Gasteiger partial charge in [0.25, 0.3) is 0 Å². The number of methoxy groups -OCH3 is 1. The summed E-state index contributed by atoms with van der Waals surface area (Å²) in [4.78, 5) is 6.58. The molecule has 1 aromatic carbocycles. The van der Waals surface area contributed by atoms with Crippen LogP contribution in [0.2, 0.25) is 5.02 Å². The van der Waals surface area contributed by atoms with Crippen LogP contribution in [-0.2, 0) is 17.9 Å². The number of halogens is 1. The van der Waals surface area contributed by atoms with Gasteiger partial charge in [0.1, 0.15) is 0 Å². The van der Waals surface area contributed by atoms with E-state index in [1.54, 1.807) is 7.11 Å². The van der Waals surface area contributed by atoms with E-state index >= 15 is 0 Å². The minimum Gasteiger partial charge on any atom is -0.382 e. The maximum Gasteiger partial charge on any atom is 0.0747 e. The number of ether oxygens (including phenoxy) is 1. The average Bonchev–Trinajstić information content (AvgIpc) is 2.61. The summed E-state index contributed by atoms with van der Waals surface area (Å²) in [7, 11) is 1.70. The van der Waals surface area contributed by atoms with Crippen LogP contribution in [0.5, 0.6) is 0 Å². The van der Waals surface area contributed by atoms with Crippen LogP contribution in [0.3, 0.4) is 0 Å². The van der Waals surface area contributed by atoms with E-state index in [-0.39, 0.29) is 0 Å². The lowest BCUT2D eigenvalue weighted by Crippen LogP contribution is -2.38. The maximum absolute atomic E-state index is 6.31. The molecule has 2 aromatic rings. The number of hydrogen-bond acceptors (Lipinski definition) is 4. The van der Waals surface area contributed by atoms with Crippen molar-refractivity contribution in [3.63, 3.8) is 0 Å². The smallest absolute Gasteiger partial charge is 0.0747 e. The van der Waals surface area contributed by atoms with E-state index in [0.717, 1.165) is 48.7 Å². The van der Waals surface area contributed by atoms with Crippen molar-refractivity contribution in [3.8, 4) is 0 Å². The van der Waals surface area contributed by atoms with Crippen molar-refractivity contribution in [1.82, 2.24) is 9.88 Å². The molecule has 0 aliphatic carbocycles. The lowest BCUT2D eigenvalue weighted by atomic mass is 10.0. The summed E-state index contributed by atoms with van der Waals surface area (Å²) in [6, 6.07) is 10.7. The third kappa shape index (κ3) is 4.47.